The standard InChI is InChI=1S/C23H15Cl4NO3/c1-13-5-7-14(8-6-13)20(29)16-9-10-19(28-22(31)23(25,26)27)18(12-16)21(30)15-3-2-4-17(24)11-15/h2-12H,1H3,(H,28,31). The fraction of sp³-hybridized carbons (Fsp3) is 0.0870. The predicted octanol–water partition coefficient (Wildman–Crippen LogP) is 6.42. The van der Waals surface area contributed by atoms with E-state index in [0.717, 1.165) is 5.56 Å². The Morgan fingerprint density at radius 1 is 0.774 bits per heavy atom. The van der Waals surface area contributed by atoms with Crippen LogP contribution in [0.1, 0.15) is 37.4 Å². The molecule has 0 bridgehead atoms. The number of benzene rings is 3. The fourth-order valence-electron chi connectivity index (χ4n) is 2.83. The summed E-state index contributed by atoms with van der Waals surface area (Å²) < 4.78 is -2.23. The molecule has 0 aliphatic heterocycles. The molecular formula is C23H15Cl4NO3. The minimum absolute atomic E-state index is 0.0582. The van der Waals surface area contributed by atoms with Crippen LogP contribution >= 0.6 is 46.4 Å². The van der Waals surface area contributed by atoms with E-state index in [1.807, 2.05) is 19.1 Å². The van der Waals surface area contributed by atoms with Crippen molar-refractivity contribution in [1.29, 1.82) is 0 Å². The molecule has 0 aliphatic carbocycles. The van der Waals surface area contributed by atoms with E-state index in [9.17, 15) is 14.4 Å². The zero-order valence-corrected chi connectivity index (χ0v) is 19.1. The van der Waals surface area contributed by atoms with Gasteiger partial charge in [0.1, 0.15) is 0 Å². The second-order valence-electron chi connectivity index (χ2n) is 6.75. The lowest BCUT2D eigenvalue weighted by atomic mass is 9.95. The molecule has 0 saturated carbocycles. The van der Waals surface area contributed by atoms with Gasteiger partial charge >= 0.3 is 0 Å². The quantitative estimate of drug-likeness (QED) is 0.328. The number of anilines is 1. The molecule has 0 radical (unpaired) electrons. The van der Waals surface area contributed by atoms with Crippen molar-refractivity contribution in [3.8, 4) is 0 Å². The van der Waals surface area contributed by atoms with Crippen molar-refractivity contribution < 1.29 is 14.4 Å². The number of carbonyl (C=O) groups is 3. The van der Waals surface area contributed by atoms with Gasteiger partial charge in [-0.1, -0.05) is 88.4 Å². The zero-order valence-electron chi connectivity index (χ0n) is 16.1. The Bertz CT molecular complexity index is 1170. The summed E-state index contributed by atoms with van der Waals surface area (Å²) >= 11 is 22.9. The highest BCUT2D eigenvalue weighted by Crippen LogP contribution is 2.30. The molecule has 0 atom stereocenters. The van der Waals surface area contributed by atoms with Gasteiger partial charge in [0.25, 0.3) is 9.70 Å². The van der Waals surface area contributed by atoms with Gasteiger partial charge in [-0.25, -0.2) is 0 Å². The molecular weight excluding hydrogens is 480 g/mol. The van der Waals surface area contributed by atoms with Crippen molar-refractivity contribution in [2.75, 3.05) is 5.32 Å². The molecule has 1 N–H and O–H groups in total. The molecule has 8 heteroatoms. The molecule has 1 amide bonds. The van der Waals surface area contributed by atoms with E-state index in [-0.39, 0.29) is 28.2 Å². The summed E-state index contributed by atoms with van der Waals surface area (Å²) in [6, 6.07) is 17.7. The van der Waals surface area contributed by atoms with Gasteiger partial charge in [0.05, 0.1) is 5.69 Å². The Balaban J connectivity index is 2.07. The zero-order chi connectivity index (χ0) is 22.8. The normalized spacial score (nSPS) is 11.1. The van der Waals surface area contributed by atoms with Crippen LogP contribution in [0.5, 0.6) is 0 Å². The van der Waals surface area contributed by atoms with Crippen LogP contribution in [-0.4, -0.2) is 21.3 Å². The number of hydrogen-bond acceptors (Lipinski definition) is 3. The maximum atomic E-state index is 13.2. The molecule has 0 spiro atoms. The number of halogens is 4. The molecule has 4 nitrogen and oxygen atoms in total. The van der Waals surface area contributed by atoms with E-state index in [1.165, 1.54) is 24.3 Å². The minimum Gasteiger partial charge on any atom is -0.322 e. The molecule has 0 unspecified atom stereocenters. The molecule has 158 valence electrons. The van der Waals surface area contributed by atoms with Crippen molar-refractivity contribution in [3.05, 3.63) is 99.6 Å². The number of hydrogen-bond donors (Lipinski definition) is 1. The van der Waals surface area contributed by atoms with E-state index >= 15 is 0 Å². The Labute approximate surface area is 199 Å². The summed E-state index contributed by atoms with van der Waals surface area (Å²) in [7, 11) is 0. The first-order valence-electron chi connectivity index (χ1n) is 9.00. The Morgan fingerprint density at radius 2 is 1.39 bits per heavy atom. The summed E-state index contributed by atoms with van der Waals surface area (Å²) in [6.45, 7) is 1.91. The molecule has 0 fully saturated rings. The number of alkyl halides is 3. The maximum Gasteiger partial charge on any atom is 0.276 e. The third-order valence-electron chi connectivity index (χ3n) is 4.43. The second-order valence-corrected chi connectivity index (χ2v) is 9.46. The van der Waals surface area contributed by atoms with E-state index in [2.05, 4.69) is 5.32 Å². The van der Waals surface area contributed by atoms with Gasteiger partial charge in [0, 0.05) is 27.3 Å². The van der Waals surface area contributed by atoms with Gasteiger partial charge in [0.2, 0.25) is 0 Å². The Morgan fingerprint density at radius 3 is 2.00 bits per heavy atom. The number of amides is 1. The van der Waals surface area contributed by atoms with Gasteiger partial charge in [-0.2, -0.15) is 0 Å². The first kappa shape index (κ1) is 23.3. The van der Waals surface area contributed by atoms with Crippen molar-refractivity contribution in [3.63, 3.8) is 0 Å². The van der Waals surface area contributed by atoms with Crippen LogP contribution in [-0.2, 0) is 4.79 Å². The van der Waals surface area contributed by atoms with Crippen LogP contribution in [0.2, 0.25) is 5.02 Å². The molecule has 3 rings (SSSR count). The number of rotatable bonds is 5. The molecule has 0 heterocycles. The summed E-state index contributed by atoms with van der Waals surface area (Å²) in [4.78, 5) is 38.3. The average Bonchev–Trinajstić information content (AvgIpc) is 2.73. The van der Waals surface area contributed by atoms with Gasteiger partial charge in [-0.15, -0.1) is 0 Å². The number of nitrogens with one attached hydrogen (secondary N) is 1. The highest BCUT2D eigenvalue weighted by molar-refractivity contribution is 6.76. The largest absolute Gasteiger partial charge is 0.322 e. The van der Waals surface area contributed by atoms with Gasteiger partial charge in [0.15, 0.2) is 11.6 Å². The van der Waals surface area contributed by atoms with Gasteiger partial charge < -0.3 is 5.32 Å². The average molecular weight is 495 g/mol. The van der Waals surface area contributed by atoms with Crippen molar-refractivity contribution in [2.24, 2.45) is 0 Å². The lowest BCUT2D eigenvalue weighted by Crippen LogP contribution is -2.28. The maximum absolute atomic E-state index is 13.2. The van der Waals surface area contributed by atoms with E-state index in [4.69, 9.17) is 46.4 Å². The minimum atomic E-state index is -2.23. The topological polar surface area (TPSA) is 63.2 Å². The third-order valence-corrected chi connectivity index (χ3v) is 5.18. The van der Waals surface area contributed by atoms with Crippen LogP contribution < -0.4 is 5.32 Å². The highest BCUT2D eigenvalue weighted by atomic mass is 35.6. The first-order chi connectivity index (χ1) is 14.6. The van der Waals surface area contributed by atoms with Crippen LogP contribution in [0.25, 0.3) is 0 Å². The monoisotopic (exact) mass is 493 g/mol. The number of carbonyl (C=O) groups excluding carboxylic acids is 3. The summed E-state index contributed by atoms with van der Waals surface area (Å²) in [5.74, 6) is -1.67. The summed E-state index contributed by atoms with van der Waals surface area (Å²) in [5, 5.41) is 2.79. The van der Waals surface area contributed by atoms with Crippen LogP contribution in [0.3, 0.4) is 0 Å². The molecule has 31 heavy (non-hydrogen) atoms. The van der Waals surface area contributed by atoms with Crippen molar-refractivity contribution >= 4 is 69.6 Å². The smallest absolute Gasteiger partial charge is 0.276 e. The Kier molecular flexibility index (Phi) is 7.07. The van der Waals surface area contributed by atoms with Crippen molar-refractivity contribution in [2.45, 2.75) is 10.7 Å². The van der Waals surface area contributed by atoms with Gasteiger partial charge in [-0.3, -0.25) is 14.4 Å². The molecule has 0 aliphatic rings. The van der Waals surface area contributed by atoms with E-state index < -0.39 is 15.5 Å². The fourth-order valence-corrected chi connectivity index (χ4v) is 3.16. The van der Waals surface area contributed by atoms with Crippen molar-refractivity contribution in [1.82, 2.24) is 0 Å². The summed E-state index contributed by atoms with van der Waals surface area (Å²) in [5.41, 5.74) is 2.17. The second kappa shape index (κ2) is 9.41. The van der Waals surface area contributed by atoms with Crippen LogP contribution in [0, 0.1) is 6.92 Å². The van der Waals surface area contributed by atoms with Crippen LogP contribution in [0.4, 0.5) is 5.69 Å². The number of aryl methyl sites for hydroxylation is 1. The van der Waals surface area contributed by atoms with E-state index in [1.54, 1.807) is 30.3 Å². The molecule has 3 aromatic carbocycles. The van der Waals surface area contributed by atoms with E-state index in [0.29, 0.717) is 10.6 Å². The predicted molar refractivity (Wildman–Crippen MR) is 125 cm³/mol. The highest BCUT2D eigenvalue weighted by Gasteiger charge is 2.31. The SMILES string of the molecule is Cc1ccc(C(=O)c2ccc(NC(=O)C(Cl)(Cl)Cl)c(C(=O)c3cccc(Cl)c3)c2)cc1. The lowest BCUT2D eigenvalue weighted by Gasteiger charge is -2.15. The third kappa shape index (κ3) is 5.66. The molecule has 0 saturated heterocycles. The Hall–Kier alpha value is -2.37. The summed E-state index contributed by atoms with van der Waals surface area (Å²) in [6.07, 6.45) is 0. The first-order valence-corrected chi connectivity index (χ1v) is 10.5. The van der Waals surface area contributed by atoms with Crippen LogP contribution in [0.15, 0.2) is 66.7 Å². The number of ketones is 2. The molecule has 0 aromatic heterocycles. The van der Waals surface area contributed by atoms with Gasteiger partial charge in [-0.05, 0) is 37.3 Å². The molecule has 3 aromatic rings. The lowest BCUT2D eigenvalue weighted by molar-refractivity contribution is -0.115.